The molecule has 0 bridgehead atoms. The number of hydrogen-bond donors (Lipinski definition) is 0. The molecule has 8 heteroatoms. The van der Waals surface area contributed by atoms with Crippen LogP contribution in [0.4, 0.5) is 0 Å². The fourth-order valence-electron chi connectivity index (χ4n) is 4.11. The number of benzene rings is 1. The maximum Gasteiger partial charge on any atom is 0.253 e. The van der Waals surface area contributed by atoms with Crippen molar-refractivity contribution in [1.82, 2.24) is 9.21 Å². The van der Waals surface area contributed by atoms with E-state index in [4.69, 9.17) is 0 Å². The molecule has 1 aromatic carbocycles. The van der Waals surface area contributed by atoms with E-state index >= 15 is 0 Å². The molecule has 0 saturated carbocycles. The average molecular weight is 443 g/mol. The van der Waals surface area contributed by atoms with E-state index < -0.39 is 16.1 Å². The summed E-state index contributed by atoms with van der Waals surface area (Å²) in [6.07, 6.45) is 2.52. The van der Waals surface area contributed by atoms with Crippen LogP contribution in [0.1, 0.15) is 35.7 Å². The van der Waals surface area contributed by atoms with Gasteiger partial charge in [-0.05, 0) is 24.1 Å². The van der Waals surface area contributed by atoms with Crippen molar-refractivity contribution in [3.05, 3.63) is 35.4 Å². The number of alkyl halides is 1. The van der Waals surface area contributed by atoms with Gasteiger partial charge < -0.3 is 4.90 Å². The van der Waals surface area contributed by atoms with E-state index in [-0.39, 0.29) is 30.2 Å². The van der Waals surface area contributed by atoms with Gasteiger partial charge in [0.05, 0.1) is 12.3 Å². The van der Waals surface area contributed by atoms with E-state index in [0.717, 1.165) is 27.9 Å². The van der Waals surface area contributed by atoms with E-state index in [1.165, 1.54) is 0 Å². The van der Waals surface area contributed by atoms with Crippen LogP contribution in [0.2, 0.25) is 0 Å². The number of likely N-dealkylation sites (tertiary alicyclic amines) is 1. The van der Waals surface area contributed by atoms with Crippen LogP contribution in [0.5, 0.6) is 0 Å². The van der Waals surface area contributed by atoms with Crippen LogP contribution in [0.25, 0.3) is 0 Å². The molecule has 0 aliphatic carbocycles. The molecule has 0 unspecified atom stereocenters. The topological polar surface area (TPSA) is 74.8 Å². The smallest absolute Gasteiger partial charge is 0.253 e. The van der Waals surface area contributed by atoms with Crippen LogP contribution in [0.15, 0.2) is 24.3 Å². The molecule has 0 radical (unpaired) electrons. The molecule has 26 heavy (non-hydrogen) atoms. The highest BCUT2D eigenvalue weighted by Gasteiger charge is 2.55. The minimum Gasteiger partial charge on any atom is -0.336 e. The summed E-state index contributed by atoms with van der Waals surface area (Å²) >= 11 is 3.38. The Morgan fingerprint density at radius 1 is 1.23 bits per heavy atom. The van der Waals surface area contributed by atoms with Gasteiger partial charge in [-0.1, -0.05) is 41.4 Å². The molecule has 2 aliphatic heterocycles. The Labute approximate surface area is 162 Å². The van der Waals surface area contributed by atoms with Crippen molar-refractivity contribution in [2.24, 2.45) is 11.8 Å². The van der Waals surface area contributed by atoms with Crippen molar-refractivity contribution in [3.63, 3.8) is 0 Å². The average Bonchev–Trinajstić information content (AvgIpc) is 3.12. The van der Waals surface area contributed by atoms with Crippen LogP contribution in [0.3, 0.4) is 0 Å². The molecule has 3 atom stereocenters. The van der Waals surface area contributed by atoms with Gasteiger partial charge in [0.2, 0.25) is 15.9 Å². The number of carbonyl (C=O) groups is 2. The van der Waals surface area contributed by atoms with Gasteiger partial charge in [-0.15, -0.1) is 0 Å². The second-order valence-electron chi connectivity index (χ2n) is 7.06. The second-order valence-corrected chi connectivity index (χ2v) is 9.48. The highest BCUT2D eigenvalue weighted by atomic mass is 79.9. The summed E-state index contributed by atoms with van der Waals surface area (Å²) in [5, 5.41) is 0.722. The number of amides is 2. The lowest BCUT2D eigenvalue weighted by molar-refractivity contribution is -0.128. The third-order valence-electron chi connectivity index (χ3n) is 5.28. The fraction of sp³-hybridized carbons (Fsp3) is 0.556. The summed E-state index contributed by atoms with van der Waals surface area (Å²) in [5.74, 6) is -0.869. The highest BCUT2D eigenvalue weighted by Crippen LogP contribution is 2.40. The molecule has 2 aliphatic rings. The van der Waals surface area contributed by atoms with Gasteiger partial charge >= 0.3 is 0 Å². The molecule has 0 spiro atoms. The van der Waals surface area contributed by atoms with E-state index in [0.29, 0.717) is 18.5 Å². The first kappa shape index (κ1) is 19.4. The lowest BCUT2D eigenvalue weighted by atomic mass is 9.89. The summed E-state index contributed by atoms with van der Waals surface area (Å²) in [6.45, 7) is 2.67. The predicted molar refractivity (Wildman–Crippen MR) is 102 cm³/mol. The minimum atomic E-state index is -3.64. The van der Waals surface area contributed by atoms with E-state index in [1.807, 2.05) is 19.1 Å². The molecule has 3 rings (SSSR count). The Morgan fingerprint density at radius 2 is 1.88 bits per heavy atom. The summed E-state index contributed by atoms with van der Waals surface area (Å²) in [4.78, 5) is 27.1. The largest absolute Gasteiger partial charge is 0.336 e. The van der Waals surface area contributed by atoms with Crippen molar-refractivity contribution in [2.45, 2.75) is 31.1 Å². The molecule has 142 valence electrons. The fourth-order valence-corrected chi connectivity index (χ4v) is 5.66. The normalized spacial score (nSPS) is 25.7. The van der Waals surface area contributed by atoms with Gasteiger partial charge in [-0.3, -0.25) is 9.59 Å². The lowest BCUT2D eigenvalue weighted by Crippen LogP contribution is -2.43. The summed E-state index contributed by atoms with van der Waals surface area (Å²) in [6, 6.07) is 6.92. The number of sulfonamides is 1. The number of hydrogen-bond acceptors (Lipinski definition) is 4. The molecular formula is C18H23BrN2O4S. The Morgan fingerprint density at radius 3 is 2.42 bits per heavy atom. The quantitative estimate of drug-likeness (QED) is 0.655. The maximum absolute atomic E-state index is 12.8. The predicted octanol–water partition coefficient (Wildman–Crippen LogP) is 2.24. The van der Waals surface area contributed by atoms with Gasteiger partial charge in [0.25, 0.3) is 5.91 Å². The number of carbonyl (C=O) groups excluding carboxylic acids is 2. The molecule has 0 aromatic heterocycles. The minimum absolute atomic E-state index is 0.114. The van der Waals surface area contributed by atoms with Crippen molar-refractivity contribution in [1.29, 1.82) is 0 Å². The van der Waals surface area contributed by atoms with Crippen LogP contribution in [-0.2, 0) is 20.1 Å². The van der Waals surface area contributed by atoms with E-state index in [2.05, 4.69) is 15.9 Å². The van der Waals surface area contributed by atoms with Crippen LogP contribution in [0, 0.1) is 11.8 Å². The van der Waals surface area contributed by atoms with Crippen LogP contribution in [-0.4, -0.2) is 54.8 Å². The Bertz CT molecular complexity index is 809. The molecule has 6 nitrogen and oxygen atoms in total. The summed E-state index contributed by atoms with van der Waals surface area (Å²) in [7, 11) is -3.64. The summed E-state index contributed by atoms with van der Waals surface area (Å²) in [5.41, 5.74) is 1.66. The molecule has 2 heterocycles. The van der Waals surface area contributed by atoms with Gasteiger partial charge in [0, 0.05) is 35.8 Å². The molecule has 0 N–H and O–H groups in total. The Kier molecular flexibility index (Phi) is 5.44. The van der Waals surface area contributed by atoms with Crippen molar-refractivity contribution in [2.75, 3.05) is 19.3 Å². The van der Waals surface area contributed by atoms with E-state index in [9.17, 15) is 18.0 Å². The number of halogens is 1. The zero-order chi connectivity index (χ0) is 19.1. The molecule has 1 aromatic rings. The van der Waals surface area contributed by atoms with Crippen molar-refractivity contribution >= 4 is 37.8 Å². The molecule has 2 amide bonds. The zero-order valence-corrected chi connectivity index (χ0v) is 17.3. The molecule has 2 saturated heterocycles. The Hall–Kier alpha value is -1.41. The zero-order valence-electron chi connectivity index (χ0n) is 14.9. The third kappa shape index (κ3) is 3.41. The lowest BCUT2D eigenvalue weighted by Gasteiger charge is -2.23. The monoisotopic (exact) mass is 442 g/mol. The Balaban J connectivity index is 1.84. The second kappa shape index (κ2) is 7.31. The number of fused-ring (bicyclic) bond motifs is 1. The number of nitrogens with zero attached hydrogens (tertiary/aromatic N) is 2. The first-order valence-electron chi connectivity index (χ1n) is 8.75. The van der Waals surface area contributed by atoms with Crippen LogP contribution >= 0.6 is 15.9 Å². The first-order valence-corrected chi connectivity index (χ1v) is 11.7. The maximum atomic E-state index is 12.8. The first-order chi connectivity index (χ1) is 12.3. The third-order valence-corrected chi connectivity index (χ3v) is 7.10. The number of rotatable bonds is 5. The molecule has 2 fully saturated rings. The summed E-state index contributed by atoms with van der Waals surface area (Å²) < 4.78 is 25.3. The van der Waals surface area contributed by atoms with Gasteiger partial charge in [0.15, 0.2) is 0 Å². The van der Waals surface area contributed by atoms with Crippen molar-refractivity contribution in [3.8, 4) is 0 Å². The van der Waals surface area contributed by atoms with Crippen LogP contribution < -0.4 is 0 Å². The highest BCUT2D eigenvalue weighted by molar-refractivity contribution is 9.08. The standard InChI is InChI=1S/C18H23BrN2O4S/c1-3-4-14-15-10-20(11-16(15)21(18(14)23)26(2,24)25)17(22)13-7-5-12(9-19)6-8-13/h5-8,14-16H,3-4,9-11H2,1-2H3/t14-,15-,16+/m1/s1. The van der Waals surface area contributed by atoms with Gasteiger partial charge in [0.1, 0.15) is 0 Å². The van der Waals surface area contributed by atoms with Gasteiger partial charge in [-0.2, -0.15) is 0 Å². The SMILES string of the molecule is CCC[C@H]1C(=O)N(S(C)(=O)=O)[C@H]2CN(C(=O)c3ccc(CBr)cc3)C[C@H]12. The van der Waals surface area contributed by atoms with Crippen molar-refractivity contribution < 1.29 is 18.0 Å². The van der Waals surface area contributed by atoms with E-state index in [1.54, 1.807) is 17.0 Å². The molecular weight excluding hydrogens is 420 g/mol. The van der Waals surface area contributed by atoms with Gasteiger partial charge in [-0.25, -0.2) is 12.7 Å².